The number of hydrogen-bond donors (Lipinski definition) is 1. The summed E-state index contributed by atoms with van der Waals surface area (Å²) in [5.74, 6) is -1.22. The summed E-state index contributed by atoms with van der Waals surface area (Å²) in [5.41, 5.74) is 0. The first-order valence-electron chi connectivity index (χ1n) is 5.59. The van der Waals surface area contributed by atoms with Gasteiger partial charge in [-0.05, 0) is 13.8 Å². The molecule has 18 heavy (non-hydrogen) atoms. The lowest BCUT2D eigenvalue weighted by molar-refractivity contribution is -0.145. The molecular weight excluding hydrogens is 258 g/mol. The van der Waals surface area contributed by atoms with E-state index < -0.39 is 5.97 Å². The first-order chi connectivity index (χ1) is 8.40. The zero-order valence-corrected chi connectivity index (χ0v) is 11.1. The third kappa shape index (κ3) is 4.37. The van der Waals surface area contributed by atoms with Crippen LogP contribution in [0.4, 0.5) is 0 Å². The van der Waals surface area contributed by atoms with E-state index in [1.54, 1.807) is 24.7 Å². The molecule has 1 N–H and O–H groups in total. The number of nitrogens with zero attached hydrogens (tertiary/aromatic N) is 3. The second-order valence-corrected chi connectivity index (χ2v) is 4.62. The molecule has 7 heteroatoms. The average molecular weight is 274 g/mol. The number of carbonyl (C=O) groups excluding carboxylic acids is 1. The zero-order chi connectivity index (χ0) is 13.7. The molecule has 100 valence electrons. The van der Waals surface area contributed by atoms with E-state index in [9.17, 15) is 9.59 Å². The third-order valence-electron chi connectivity index (χ3n) is 2.41. The van der Waals surface area contributed by atoms with Crippen LogP contribution in [0.5, 0.6) is 0 Å². The number of aromatic nitrogens is 2. The van der Waals surface area contributed by atoms with E-state index in [2.05, 4.69) is 5.10 Å². The summed E-state index contributed by atoms with van der Waals surface area (Å²) in [4.78, 5) is 23.9. The molecule has 0 spiro atoms. The summed E-state index contributed by atoms with van der Waals surface area (Å²) >= 11 is 5.70. The normalized spacial score (nSPS) is 10.7. The summed E-state index contributed by atoms with van der Waals surface area (Å²) in [5, 5.41) is 13.2. The fraction of sp³-hybridized carbons (Fsp3) is 0.545. The number of hydrogen-bond acceptors (Lipinski definition) is 3. The van der Waals surface area contributed by atoms with Crippen molar-refractivity contribution >= 4 is 23.5 Å². The molecule has 6 nitrogen and oxygen atoms in total. The lowest BCUT2D eigenvalue weighted by atomic mass is 10.2. The Morgan fingerprint density at radius 2 is 2.22 bits per heavy atom. The van der Waals surface area contributed by atoms with Crippen LogP contribution in [0.2, 0.25) is 5.02 Å². The Hall–Kier alpha value is -1.56. The van der Waals surface area contributed by atoms with Crippen LogP contribution >= 0.6 is 11.6 Å². The van der Waals surface area contributed by atoms with Gasteiger partial charge < -0.3 is 10.0 Å². The predicted molar refractivity (Wildman–Crippen MR) is 66.3 cm³/mol. The van der Waals surface area contributed by atoms with Gasteiger partial charge in [-0.3, -0.25) is 14.3 Å². The van der Waals surface area contributed by atoms with Crippen molar-refractivity contribution in [2.45, 2.75) is 32.9 Å². The Labute approximate surface area is 110 Å². The van der Waals surface area contributed by atoms with Crippen LogP contribution in [-0.4, -0.2) is 44.3 Å². The fourth-order valence-corrected chi connectivity index (χ4v) is 1.68. The molecule has 0 aliphatic carbocycles. The highest BCUT2D eigenvalue weighted by atomic mass is 35.5. The smallest absolute Gasteiger partial charge is 0.323 e. The van der Waals surface area contributed by atoms with Crippen molar-refractivity contribution in [3.63, 3.8) is 0 Å². The van der Waals surface area contributed by atoms with Gasteiger partial charge in [-0.25, -0.2) is 0 Å². The van der Waals surface area contributed by atoms with E-state index in [-0.39, 0.29) is 24.9 Å². The SMILES string of the molecule is CC(C)N(CC(=O)O)C(=O)CCn1cc(Cl)cn1. The second-order valence-electron chi connectivity index (χ2n) is 4.18. The maximum absolute atomic E-state index is 11.9. The standard InChI is InChI=1S/C11H16ClN3O3/c1-8(2)15(7-11(17)18)10(16)3-4-14-6-9(12)5-13-14/h5-6,8H,3-4,7H2,1-2H3,(H,17,18). The molecule has 0 fully saturated rings. The molecule has 0 aliphatic rings. The first-order valence-corrected chi connectivity index (χ1v) is 5.97. The van der Waals surface area contributed by atoms with Crippen molar-refractivity contribution in [1.29, 1.82) is 0 Å². The highest BCUT2D eigenvalue weighted by Crippen LogP contribution is 2.07. The van der Waals surface area contributed by atoms with Crippen LogP contribution < -0.4 is 0 Å². The summed E-state index contributed by atoms with van der Waals surface area (Å²) in [6, 6.07) is -0.144. The van der Waals surface area contributed by atoms with Gasteiger partial charge in [0, 0.05) is 25.2 Å². The van der Waals surface area contributed by atoms with Crippen molar-refractivity contribution in [2.24, 2.45) is 0 Å². The van der Waals surface area contributed by atoms with Crippen molar-refractivity contribution in [1.82, 2.24) is 14.7 Å². The molecule has 0 bridgehead atoms. The zero-order valence-electron chi connectivity index (χ0n) is 10.3. The Kier molecular flexibility index (Phi) is 5.15. The van der Waals surface area contributed by atoms with Crippen LogP contribution in [0.25, 0.3) is 0 Å². The van der Waals surface area contributed by atoms with Gasteiger partial charge in [0.05, 0.1) is 11.2 Å². The lowest BCUT2D eigenvalue weighted by Gasteiger charge is -2.24. The summed E-state index contributed by atoms with van der Waals surface area (Å²) in [7, 11) is 0. The molecule has 0 aromatic carbocycles. The van der Waals surface area contributed by atoms with Gasteiger partial charge in [-0.1, -0.05) is 11.6 Å². The largest absolute Gasteiger partial charge is 0.480 e. The molecule has 1 heterocycles. The second kappa shape index (κ2) is 6.39. The lowest BCUT2D eigenvalue weighted by Crippen LogP contribution is -2.41. The predicted octanol–water partition coefficient (Wildman–Crippen LogP) is 1.25. The number of carboxylic acid groups (broad SMARTS) is 1. The van der Waals surface area contributed by atoms with Gasteiger partial charge in [-0.15, -0.1) is 0 Å². The van der Waals surface area contributed by atoms with Gasteiger partial charge in [0.25, 0.3) is 0 Å². The number of aliphatic carboxylic acids is 1. The quantitative estimate of drug-likeness (QED) is 0.846. The van der Waals surface area contributed by atoms with Crippen LogP contribution in [0, 0.1) is 0 Å². The van der Waals surface area contributed by atoms with E-state index in [1.165, 1.54) is 11.1 Å². The fourth-order valence-electron chi connectivity index (χ4n) is 1.52. The minimum absolute atomic E-state index is 0.144. The van der Waals surface area contributed by atoms with Gasteiger partial charge >= 0.3 is 5.97 Å². The number of rotatable bonds is 6. The maximum Gasteiger partial charge on any atom is 0.323 e. The molecular formula is C11H16ClN3O3. The molecule has 0 aliphatic heterocycles. The minimum atomic E-state index is -1.01. The van der Waals surface area contributed by atoms with Crippen LogP contribution in [0.15, 0.2) is 12.4 Å². The van der Waals surface area contributed by atoms with E-state index in [4.69, 9.17) is 16.7 Å². The Bertz CT molecular complexity index is 431. The summed E-state index contributed by atoms with van der Waals surface area (Å²) < 4.78 is 1.56. The number of carbonyl (C=O) groups is 2. The number of carboxylic acids is 1. The summed E-state index contributed by atoms with van der Waals surface area (Å²) in [6.45, 7) is 3.67. The van der Waals surface area contributed by atoms with Gasteiger partial charge in [0.15, 0.2) is 0 Å². The Balaban J connectivity index is 2.53. The molecule has 0 saturated heterocycles. The Morgan fingerprint density at radius 1 is 1.56 bits per heavy atom. The van der Waals surface area contributed by atoms with E-state index in [0.29, 0.717) is 11.6 Å². The molecule has 0 radical (unpaired) electrons. The van der Waals surface area contributed by atoms with Crippen LogP contribution in [-0.2, 0) is 16.1 Å². The molecule has 1 aromatic heterocycles. The van der Waals surface area contributed by atoms with Crippen LogP contribution in [0.3, 0.4) is 0 Å². The van der Waals surface area contributed by atoms with Crippen molar-refractivity contribution in [3.8, 4) is 0 Å². The van der Waals surface area contributed by atoms with Gasteiger partial charge in [-0.2, -0.15) is 5.10 Å². The molecule has 0 atom stereocenters. The topological polar surface area (TPSA) is 75.4 Å². The molecule has 0 unspecified atom stereocenters. The summed E-state index contributed by atoms with van der Waals surface area (Å²) in [6.07, 6.45) is 3.30. The number of aryl methyl sites for hydroxylation is 1. The molecule has 0 saturated carbocycles. The van der Waals surface area contributed by atoms with Crippen molar-refractivity contribution in [3.05, 3.63) is 17.4 Å². The van der Waals surface area contributed by atoms with Crippen molar-refractivity contribution in [2.75, 3.05) is 6.54 Å². The van der Waals surface area contributed by atoms with Gasteiger partial charge in [0.2, 0.25) is 5.91 Å². The van der Waals surface area contributed by atoms with Gasteiger partial charge in [0.1, 0.15) is 6.54 Å². The van der Waals surface area contributed by atoms with Crippen LogP contribution in [0.1, 0.15) is 20.3 Å². The Morgan fingerprint density at radius 3 is 2.67 bits per heavy atom. The molecule has 1 aromatic rings. The third-order valence-corrected chi connectivity index (χ3v) is 2.60. The highest BCUT2D eigenvalue weighted by Gasteiger charge is 2.19. The monoisotopic (exact) mass is 273 g/mol. The number of amides is 1. The minimum Gasteiger partial charge on any atom is -0.480 e. The van der Waals surface area contributed by atoms with E-state index in [0.717, 1.165) is 0 Å². The highest BCUT2D eigenvalue weighted by molar-refractivity contribution is 6.30. The average Bonchev–Trinajstić information content (AvgIpc) is 2.68. The van der Waals surface area contributed by atoms with E-state index in [1.807, 2.05) is 0 Å². The first kappa shape index (κ1) is 14.5. The number of halogens is 1. The molecule has 1 amide bonds. The molecule has 1 rings (SSSR count). The van der Waals surface area contributed by atoms with E-state index >= 15 is 0 Å². The maximum atomic E-state index is 11.9. The van der Waals surface area contributed by atoms with Crippen molar-refractivity contribution < 1.29 is 14.7 Å².